The first-order chi connectivity index (χ1) is 14.7. The second-order valence-corrected chi connectivity index (χ2v) is 10.1. The van der Waals surface area contributed by atoms with Gasteiger partial charge in [-0.1, -0.05) is 29.8 Å². The van der Waals surface area contributed by atoms with Crippen molar-refractivity contribution in [2.24, 2.45) is 0 Å². The van der Waals surface area contributed by atoms with E-state index in [9.17, 15) is 18.3 Å². The van der Waals surface area contributed by atoms with Crippen LogP contribution in [0, 0.1) is 6.92 Å². The van der Waals surface area contributed by atoms with Crippen LogP contribution in [0.15, 0.2) is 45.6 Å². The third-order valence-electron chi connectivity index (χ3n) is 5.64. The van der Waals surface area contributed by atoms with E-state index in [4.69, 9.17) is 16.0 Å². The Morgan fingerprint density at radius 1 is 1.10 bits per heavy atom. The Morgan fingerprint density at radius 3 is 2.42 bits per heavy atom. The molecule has 2 aromatic carbocycles. The topological polar surface area (TPSA) is 91.1 Å². The maximum Gasteiger partial charge on any atom is 0.211 e. The van der Waals surface area contributed by atoms with Gasteiger partial charge in [0.2, 0.25) is 15.5 Å². The molecule has 4 rings (SSSR count). The van der Waals surface area contributed by atoms with Gasteiger partial charge in [-0.2, -0.15) is 4.31 Å². The van der Waals surface area contributed by atoms with Crippen LogP contribution in [0.4, 0.5) is 0 Å². The molecule has 1 aliphatic heterocycles. The molecule has 9 heteroatoms. The Hall–Kier alpha value is -2.39. The lowest BCUT2D eigenvalue weighted by Crippen LogP contribution is -2.47. The van der Waals surface area contributed by atoms with Crippen LogP contribution < -0.4 is 5.43 Å². The van der Waals surface area contributed by atoms with Crippen molar-refractivity contribution in [3.05, 3.63) is 63.0 Å². The summed E-state index contributed by atoms with van der Waals surface area (Å²) in [6, 6.07) is 10.1. The van der Waals surface area contributed by atoms with E-state index in [0.717, 1.165) is 0 Å². The number of aromatic hydroxyl groups is 1. The number of fused-ring (bicyclic) bond motifs is 1. The maximum absolute atomic E-state index is 13.3. The number of phenolic OH excluding ortho intramolecular Hbond substituents is 1. The van der Waals surface area contributed by atoms with Gasteiger partial charge in [0.25, 0.3) is 0 Å². The summed E-state index contributed by atoms with van der Waals surface area (Å²) in [6.45, 7) is 3.84. The SMILES string of the molecule is Cc1oc2c(CN3CCN(S(C)(=O)=O)CC3)c(O)ccc2c(=O)c1-c1ccccc1Cl. The van der Waals surface area contributed by atoms with Gasteiger partial charge in [-0.15, -0.1) is 0 Å². The van der Waals surface area contributed by atoms with Crippen LogP contribution in [0.25, 0.3) is 22.1 Å². The van der Waals surface area contributed by atoms with Crippen LogP contribution in [-0.2, 0) is 16.6 Å². The molecule has 164 valence electrons. The Kier molecular flexibility index (Phi) is 5.83. The second kappa shape index (κ2) is 8.27. The summed E-state index contributed by atoms with van der Waals surface area (Å²) in [5.74, 6) is 0.449. The lowest BCUT2D eigenvalue weighted by Gasteiger charge is -2.33. The molecule has 31 heavy (non-hydrogen) atoms. The number of rotatable bonds is 4. The number of hydrogen-bond donors (Lipinski definition) is 1. The molecule has 0 aliphatic carbocycles. The lowest BCUT2D eigenvalue weighted by atomic mass is 10.0. The number of nitrogens with zero attached hydrogens (tertiary/aromatic N) is 2. The van der Waals surface area contributed by atoms with Gasteiger partial charge in [0.05, 0.1) is 22.8 Å². The fourth-order valence-corrected chi connectivity index (χ4v) is 5.04. The average Bonchev–Trinajstić information content (AvgIpc) is 2.71. The zero-order valence-electron chi connectivity index (χ0n) is 17.3. The maximum atomic E-state index is 13.3. The molecule has 0 bridgehead atoms. The van der Waals surface area contributed by atoms with Crippen molar-refractivity contribution in [2.75, 3.05) is 32.4 Å². The van der Waals surface area contributed by atoms with Gasteiger partial charge in [-0.05, 0) is 25.1 Å². The first-order valence-corrected chi connectivity index (χ1v) is 12.1. The number of benzene rings is 2. The van der Waals surface area contributed by atoms with Gasteiger partial charge in [-0.25, -0.2) is 8.42 Å². The molecule has 0 amide bonds. The number of piperazine rings is 1. The van der Waals surface area contributed by atoms with Crippen molar-refractivity contribution in [2.45, 2.75) is 13.5 Å². The number of halogens is 1. The Morgan fingerprint density at radius 2 is 1.77 bits per heavy atom. The summed E-state index contributed by atoms with van der Waals surface area (Å²) >= 11 is 6.31. The van der Waals surface area contributed by atoms with E-state index < -0.39 is 10.0 Å². The van der Waals surface area contributed by atoms with Gasteiger partial charge < -0.3 is 9.52 Å². The molecule has 7 nitrogen and oxygen atoms in total. The van der Waals surface area contributed by atoms with E-state index in [1.807, 2.05) is 11.0 Å². The van der Waals surface area contributed by atoms with Crippen molar-refractivity contribution in [1.82, 2.24) is 9.21 Å². The number of phenols is 1. The highest BCUT2D eigenvalue weighted by molar-refractivity contribution is 7.88. The fourth-order valence-electron chi connectivity index (χ4n) is 3.98. The molecule has 1 aliphatic rings. The summed E-state index contributed by atoms with van der Waals surface area (Å²) in [5, 5.41) is 11.3. The molecule has 1 saturated heterocycles. The van der Waals surface area contributed by atoms with E-state index in [1.165, 1.54) is 16.6 Å². The lowest BCUT2D eigenvalue weighted by molar-refractivity contribution is 0.180. The smallest absolute Gasteiger partial charge is 0.211 e. The van der Waals surface area contributed by atoms with Crippen LogP contribution in [0.2, 0.25) is 5.02 Å². The predicted molar refractivity (Wildman–Crippen MR) is 121 cm³/mol. The van der Waals surface area contributed by atoms with Crippen molar-refractivity contribution in [1.29, 1.82) is 0 Å². The molecule has 0 atom stereocenters. The van der Waals surface area contributed by atoms with Crippen molar-refractivity contribution in [3.8, 4) is 16.9 Å². The van der Waals surface area contributed by atoms with Crippen LogP contribution in [-0.4, -0.2) is 55.2 Å². The van der Waals surface area contributed by atoms with Crippen LogP contribution in [0.3, 0.4) is 0 Å². The average molecular weight is 463 g/mol. The van der Waals surface area contributed by atoms with Gasteiger partial charge in [0.15, 0.2) is 0 Å². The van der Waals surface area contributed by atoms with E-state index in [0.29, 0.717) is 71.2 Å². The molecule has 1 aromatic heterocycles. The molecule has 1 N–H and O–H groups in total. The summed E-state index contributed by atoms with van der Waals surface area (Å²) in [5.41, 5.74) is 1.63. The summed E-state index contributed by atoms with van der Waals surface area (Å²) in [7, 11) is -3.22. The van der Waals surface area contributed by atoms with Gasteiger partial charge in [0, 0.05) is 43.3 Å². The molecule has 3 aromatic rings. The van der Waals surface area contributed by atoms with Crippen LogP contribution in [0.5, 0.6) is 5.75 Å². The normalized spacial score (nSPS) is 16.1. The zero-order chi connectivity index (χ0) is 22.3. The number of aryl methyl sites for hydroxylation is 1. The largest absolute Gasteiger partial charge is 0.507 e. The fraction of sp³-hybridized carbons (Fsp3) is 0.318. The van der Waals surface area contributed by atoms with Gasteiger partial charge in [0.1, 0.15) is 17.1 Å². The van der Waals surface area contributed by atoms with Crippen molar-refractivity contribution < 1.29 is 17.9 Å². The van der Waals surface area contributed by atoms with Crippen molar-refractivity contribution >= 4 is 32.6 Å². The first kappa shape index (κ1) is 21.8. The first-order valence-electron chi connectivity index (χ1n) is 9.87. The summed E-state index contributed by atoms with van der Waals surface area (Å²) < 4.78 is 31.0. The molecular formula is C22H23ClN2O5S. The molecule has 0 unspecified atom stereocenters. The minimum Gasteiger partial charge on any atom is -0.507 e. The number of sulfonamides is 1. The van der Waals surface area contributed by atoms with Crippen molar-refractivity contribution in [3.63, 3.8) is 0 Å². The highest BCUT2D eigenvalue weighted by Crippen LogP contribution is 2.33. The quantitative estimate of drug-likeness (QED) is 0.640. The van der Waals surface area contributed by atoms with E-state index in [1.54, 1.807) is 31.2 Å². The molecule has 0 spiro atoms. The standard InChI is InChI=1S/C22H23ClN2O5S/c1-14-20(15-5-3-4-6-18(15)23)21(27)16-7-8-19(26)17(22(16)30-14)13-24-9-11-25(12-10-24)31(2,28)29/h3-8,26H,9-13H2,1-2H3. The number of hydrogen-bond acceptors (Lipinski definition) is 6. The molecule has 0 radical (unpaired) electrons. The molecule has 0 saturated carbocycles. The van der Waals surface area contributed by atoms with E-state index in [-0.39, 0.29) is 11.2 Å². The Balaban J connectivity index is 1.74. The minimum atomic E-state index is -3.22. The van der Waals surface area contributed by atoms with Gasteiger partial charge >= 0.3 is 0 Å². The second-order valence-electron chi connectivity index (χ2n) is 7.72. The highest BCUT2D eigenvalue weighted by Gasteiger charge is 2.25. The summed E-state index contributed by atoms with van der Waals surface area (Å²) in [6.07, 6.45) is 1.20. The van der Waals surface area contributed by atoms with Crippen LogP contribution >= 0.6 is 11.6 Å². The zero-order valence-corrected chi connectivity index (χ0v) is 18.8. The molecule has 1 fully saturated rings. The van der Waals surface area contributed by atoms with Crippen LogP contribution in [0.1, 0.15) is 11.3 Å². The monoisotopic (exact) mass is 462 g/mol. The minimum absolute atomic E-state index is 0.0334. The predicted octanol–water partition coefficient (Wildman–Crippen LogP) is 3.20. The Labute approximate surface area is 185 Å². The van der Waals surface area contributed by atoms with E-state index >= 15 is 0 Å². The summed E-state index contributed by atoms with van der Waals surface area (Å²) in [4.78, 5) is 15.4. The van der Waals surface area contributed by atoms with E-state index in [2.05, 4.69) is 0 Å². The molecular weight excluding hydrogens is 440 g/mol. The van der Waals surface area contributed by atoms with Gasteiger partial charge in [-0.3, -0.25) is 9.69 Å². The highest BCUT2D eigenvalue weighted by atomic mass is 35.5. The third-order valence-corrected chi connectivity index (χ3v) is 7.27. The third kappa shape index (κ3) is 4.21. The molecule has 2 heterocycles. The Bertz CT molecular complexity index is 1310.